The Bertz CT molecular complexity index is 221. The molecule has 0 radical (unpaired) electrons. The molecule has 0 fully saturated rings. The van der Waals surface area contributed by atoms with Gasteiger partial charge in [0.25, 0.3) is 0 Å². The maximum atomic E-state index is 10.6. The summed E-state index contributed by atoms with van der Waals surface area (Å²) >= 11 is 0. The Labute approximate surface area is 85.1 Å². The van der Waals surface area contributed by atoms with Crippen molar-refractivity contribution in [2.75, 3.05) is 19.6 Å². The zero-order valence-corrected chi connectivity index (χ0v) is 9.03. The second kappa shape index (κ2) is 6.39. The number of nitrogens with zero attached hydrogens (tertiary/aromatic N) is 2. The first kappa shape index (κ1) is 12.9. The average molecular weight is 198 g/mol. The summed E-state index contributed by atoms with van der Waals surface area (Å²) in [7, 11) is 0. The summed E-state index contributed by atoms with van der Waals surface area (Å²) in [4.78, 5) is 12.5. The van der Waals surface area contributed by atoms with Crippen LogP contribution in [-0.4, -0.2) is 35.6 Å². The van der Waals surface area contributed by atoms with Crippen molar-refractivity contribution in [3.8, 4) is 6.07 Å². The van der Waals surface area contributed by atoms with Crippen LogP contribution in [0.4, 0.5) is 0 Å². The molecule has 1 atom stereocenters. The second-order valence-corrected chi connectivity index (χ2v) is 3.99. The molecule has 0 saturated heterocycles. The molecule has 0 aliphatic carbocycles. The molecule has 0 bridgehead atoms. The SMILES string of the molecule is CC(C)CN(CC#N)CC(C)C(=O)O. The minimum absolute atomic E-state index is 0.301. The Morgan fingerprint density at radius 1 is 1.43 bits per heavy atom. The predicted molar refractivity (Wildman–Crippen MR) is 53.7 cm³/mol. The van der Waals surface area contributed by atoms with E-state index in [2.05, 4.69) is 19.9 Å². The molecule has 0 heterocycles. The van der Waals surface area contributed by atoms with E-state index in [4.69, 9.17) is 10.4 Å². The molecule has 1 N–H and O–H groups in total. The summed E-state index contributed by atoms with van der Waals surface area (Å²) in [5, 5.41) is 17.3. The molecule has 0 saturated carbocycles. The highest BCUT2D eigenvalue weighted by Gasteiger charge is 2.16. The van der Waals surface area contributed by atoms with E-state index < -0.39 is 11.9 Å². The van der Waals surface area contributed by atoms with Crippen LogP contribution in [0.15, 0.2) is 0 Å². The molecule has 1 unspecified atom stereocenters. The van der Waals surface area contributed by atoms with Gasteiger partial charge in [0.1, 0.15) is 0 Å². The minimum Gasteiger partial charge on any atom is -0.481 e. The van der Waals surface area contributed by atoms with Crippen LogP contribution in [0.1, 0.15) is 20.8 Å². The zero-order valence-electron chi connectivity index (χ0n) is 9.03. The largest absolute Gasteiger partial charge is 0.481 e. The fourth-order valence-electron chi connectivity index (χ4n) is 1.29. The van der Waals surface area contributed by atoms with E-state index in [1.54, 1.807) is 6.92 Å². The van der Waals surface area contributed by atoms with Crippen molar-refractivity contribution in [2.45, 2.75) is 20.8 Å². The number of carboxylic acids is 1. The van der Waals surface area contributed by atoms with Crippen molar-refractivity contribution < 1.29 is 9.90 Å². The van der Waals surface area contributed by atoms with Gasteiger partial charge in [-0.15, -0.1) is 0 Å². The van der Waals surface area contributed by atoms with Crippen LogP contribution in [0.2, 0.25) is 0 Å². The lowest BCUT2D eigenvalue weighted by molar-refractivity contribution is -0.141. The molecule has 0 aromatic carbocycles. The quantitative estimate of drug-likeness (QED) is 0.651. The number of hydrogen-bond acceptors (Lipinski definition) is 3. The summed E-state index contributed by atoms with van der Waals surface area (Å²) in [5.74, 6) is -0.775. The number of carbonyl (C=O) groups is 1. The molecule has 14 heavy (non-hydrogen) atoms. The number of hydrogen-bond donors (Lipinski definition) is 1. The molecule has 80 valence electrons. The van der Waals surface area contributed by atoms with E-state index >= 15 is 0 Å². The Hall–Kier alpha value is -1.08. The summed E-state index contributed by atoms with van der Waals surface area (Å²) in [6, 6.07) is 2.05. The molecular formula is C10H18N2O2. The molecule has 0 spiro atoms. The summed E-state index contributed by atoms with van der Waals surface area (Å²) in [6.07, 6.45) is 0. The van der Waals surface area contributed by atoms with Crippen molar-refractivity contribution in [2.24, 2.45) is 11.8 Å². The fraction of sp³-hybridized carbons (Fsp3) is 0.800. The molecule has 0 aromatic rings. The van der Waals surface area contributed by atoms with Gasteiger partial charge >= 0.3 is 5.97 Å². The highest BCUT2D eigenvalue weighted by Crippen LogP contribution is 2.03. The first-order valence-electron chi connectivity index (χ1n) is 4.79. The Morgan fingerprint density at radius 3 is 2.36 bits per heavy atom. The first-order valence-corrected chi connectivity index (χ1v) is 4.79. The molecule has 4 nitrogen and oxygen atoms in total. The van der Waals surface area contributed by atoms with Gasteiger partial charge in [0, 0.05) is 13.1 Å². The number of carboxylic acid groups (broad SMARTS) is 1. The van der Waals surface area contributed by atoms with Gasteiger partial charge < -0.3 is 5.11 Å². The van der Waals surface area contributed by atoms with Gasteiger partial charge in [0.2, 0.25) is 0 Å². The van der Waals surface area contributed by atoms with Gasteiger partial charge in [-0.05, 0) is 5.92 Å². The van der Waals surface area contributed by atoms with Crippen molar-refractivity contribution in [1.82, 2.24) is 4.90 Å². The van der Waals surface area contributed by atoms with E-state index in [9.17, 15) is 4.79 Å². The molecule has 0 amide bonds. The zero-order chi connectivity index (χ0) is 11.1. The van der Waals surface area contributed by atoms with Gasteiger partial charge in [0.15, 0.2) is 0 Å². The van der Waals surface area contributed by atoms with Crippen LogP contribution >= 0.6 is 0 Å². The monoisotopic (exact) mass is 198 g/mol. The van der Waals surface area contributed by atoms with Crippen LogP contribution in [0.5, 0.6) is 0 Å². The van der Waals surface area contributed by atoms with Crippen LogP contribution in [0.25, 0.3) is 0 Å². The Balaban J connectivity index is 4.09. The van der Waals surface area contributed by atoms with Crippen molar-refractivity contribution in [1.29, 1.82) is 5.26 Å². The fourth-order valence-corrected chi connectivity index (χ4v) is 1.29. The Morgan fingerprint density at radius 2 is 2.00 bits per heavy atom. The highest BCUT2D eigenvalue weighted by molar-refractivity contribution is 5.69. The third-order valence-corrected chi connectivity index (χ3v) is 1.87. The lowest BCUT2D eigenvalue weighted by Crippen LogP contribution is -2.34. The number of aliphatic carboxylic acids is 1. The van der Waals surface area contributed by atoms with Gasteiger partial charge in [-0.1, -0.05) is 20.8 Å². The Kier molecular flexibility index (Phi) is 5.89. The minimum atomic E-state index is -0.809. The highest BCUT2D eigenvalue weighted by atomic mass is 16.4. The van der Waals surface area contributed by atoms with Crippen LogP contribution in [0, 0.1) is 23.2 Å². The van der Waals surface area contributed by atoms with Crippen LogP contribution in [-0.2, 0) is 4.79 Å². The standard InChI is InChI=1S/C10H18N2O2/c1-8(2)6-12(5-4-11)7-9(3)10(13)14/h8-9H,5-7H2,1-3H3,(H,13,14). The summed E-state index contributed by atoms with van der Waals surface area (Å²) < 4.78 is 0. The molecule has 0 aromatic heterocycles. The topological polar surface area (TPSA) is 64.3 Å². The summed E-state index contributed by atoms with van der Waals surface area (Å²) in [6.45, 7) is 7.28. The third kappa shape index (κ3) is 5.55. The van der Waals surface area contributed by atoms with Crippen LogP contribution < -0.4 is 0 Å². The average Bonchev–Trinajstić information content (AvgIpc) is 2.02. The number of nitriles is 1. The second-order valence-electron chi connectivity index (χ2n) is 3.99. The van der Waals surface area contributed by atoms with Crippen LogP contribution in [0.3, 0.4) is 0 Å². The molecule has 0 rings (SSSR count). The van der Waals surface area contributed by atoms with E-state index in [0.29, 0.717) is 19.0 Å². The predicted octanol–water partition coefficient (Wildman–Crippen LogP) is 1.19. The molecule has 0 aliphatic heterocycles. The molecular weight excluding hydrogens is 180 g/mol. The van der Waals surface area contributed by atoms with E-state index in [-0.39, 0.29) is 0 Å². The first-order chi connectivity index (χ1) is 6.47. The van der Waals surface area contributed by atoms with Crippen molar-refractivity contribution in [3.05, 3.63) is 0 Å². The van der Waals surface area contributed by atoms with Gasteiger partial charge in [-0.2, -0.15) is 5.26 Å². The number of rotatable bonds is 6. The summed E-state index contributed by atoms with van der Waals surface area (Å²) in [5.41, 5.74) is 0. The van der Waals surface area contributed by atoms with E-state index in [0.717, 1.165) is 6.54 Å². The van der Waals surface area contributed by atoms with Gasteiger partial charge in [-0.25, -0.2) is 0 Å². The molecule has 4 heteroatoms. The lowest BCUT2D eigenvalue weighted by atomic mass is 10.1. The van der Waals surface area contributed by atoms with Crippen molar-refractivity contribution >= 4 is 5.97 Å². The van der Waals surface area contributed by atoms with E-state index in [1.165, 1.54) is 0 Å². The molecule has 0 aliphatic rings. The lowest BCUT2D eigenvalue weighted by Gasteiger charge is -2.22. The van der Waals surface area contributed by atoms with Gasteiger partial charge in [0.05, 0.1) is 18.5 Å². The van der Waals surface area contributed by atoms with Gasteiger partial charge in [-0.3, -0.25) is 9.69 Å². The van der Waals surface area contributed by atoms with E-state index in [1.807, 2.05) is 4.90 Å². The van der Waals surface area contributed by atoms with Crippen molar-refractivity contribution in [3.63, 3.8) is 0 Å². The third-order valence-electron chi connectivity index (χ3n) is 1.87. The smallest absolute Gasteiger partial charge is 0.307 e. The maximum Gasteiger partial charge on any atom is 0.307 e. The maximum absolute atomic E-state index is 10.6. The normalized spacial score (nSPS) is 12.9.